The lowest BCUT2D eigenvalue weighted by Gasteiger charge is -2.22. The van der Waals surface area contributed by atoms with Crippen LogP contribution in [0.15, 0.2) is 12.1 Å². The fourth-order valence-electron chi connectivity index (χ4n) is 2.16. The SMILES string of the molecule is CNC(COCC(F)(F)F)c1c(C)cc(C)cc1OC. The van der Waals surface area contributed by atoms with Crippen molar-refractivity contribution < 1.29 is 22.6 Å². The topological polar surface area (TPSA) is 30.5 Å². The van der Waals surface area contributed by atoms with Gasteiger partial charge in [-0.15, -0.1) is 0 Å². The van der Waals surface area contributed by atoms with Gasteiger partial charge in [-0.05, 0) is 38.1 Å². The highest BCUT2D eigenvalue weighted by Crippen LogP contribution is 2.30. The first kappa shape index (κ1) is 16.8. The van der Waals surface area contributed by atoms with Gasteiger partial charge in [0.25, 0.3) is 0 Å². The Labute approximate surface area is 117 Å². The summed E-state index contributed by atoms with van der Waals surface area (Å²) >= 11 is 0. The first-order valence-corrected chi connectivity index (χ1v) is 6.25. The summed E-state index contributed by atoms with van der Waals surface area (Å²) in [6.07, 6.45) is -4.31. The largest absolute Gasteiger partial charge is 0.496 e. The summed E-state index contributed by atoms with van der Waals surface area (Å²) in [5.74, 6) is 0.650. The number of hydrogen-bond acceptors (Lipinski definition) is 3. The Morgan fingerprint density at radius 2 is 1.90 bits per heavy atom. The molecule has 0 radical (unpaired) electrons. The summed E-state index contributed by atoms with van der Waals surface area (Å²) in [5, 5.41) is 2.97. The molecule has 0 bridgehead atoms. The van der Waals surface area contributed by atoms with Crippen LogP contribution >= 0.6 is 0 Å². The zero-order chi connectivity index (χ0) is 15.3. The van der Waals surface area contributed by atoms with Crippen LogP contribution in [0.2, 0.25) is 0 Å². The van der Waals surface area contributed by atoms with E-state index in [1.54, 1.807) is 14.2 Å². The third-order valence-corrected chi connectivity index (χ3v) is 2.96. The smallest absolute Gasteiger partial charge is 0.411 e. The number of ether oxygens (including phenoxy) is 2. The number of likely N-dealkylation sites (N-methyl/N-ethyl adjacent to an activating group) is 1. The van der Waals surface area contributed by atoms with Gasteiger partial charge in [-0.1, -0.05) is 6.07 Å². The molecule has 0 spiro atoms. The van der Waals surface area contributed by atoms with E-state index in [0.717, 1.165) is 16.7 Å². The van der Waals surface area contributed by atoms with E-state index in [9.17, 15) is 13.2 Å². The van der Waals surface area contributed by atoms with Gasteiger partial charge < -0.3 is 14.8 Å². The maximum atomic E-state index is 12.1. The van der Waals surface area contributed by atoms with Gasteiger partial charge in [-0.2, -0.15) is 13.2 Å². The van der Waals surface area contributed by atoms with E-state index < -0.39 is 12.8 Å². The second-order valence-electron chi connectivity index (χ2n) is 4.67. The Morgan fingerprint density at radius 3 is 2.40 bits per heavy atom. The van der Waals surface area contributed by atoms with Gasteiger partial charge in [-0.25, -0.2) is 0 Å². The van der Waals surface area contributed by atoms with Crippen molar-refractivity contribution in [1.29, 1.82) is 0 Å². The van der Waals surface area contributed by atoms with Crippen LogP contribution in [0.25, 0.3) is 0 Å². The molecule has 1 atom stereocenters. The van der Waals surface area contributed by atoms with Gasteiger partial charge in [0.2, 0.25) is 0 Å². The van der Waals surface area contributed by atoms with Crippen LogP contribution in [0.3, 0.4) is 0 Å². The first-order chi connectivity index (χ1) is 9.28. The highest BCUT2D eigenvalue weighted by atomic mass is 19.4. The summed E-state index contributed by atoms with van der Waals surface area (Å²) < 4.78 is 46.4. The zero-order valence-electron chi connectivity index (χ0n) is 12.1. The molecule has 0 amide bonds. The van der Waals surface area contributed by atoms with Crippen molar-refractivity contribution in [2.45, 2.75) is 26.1 Å². The highest BCUT2D eigenvalue weighted by molar-refractivity contribution is 5.45. The fourth-order valence-corrected chi connectivity index (χ4v) is 2.16. The molecule has 0 aliphatic carbocycles. The standard InChI is InChI=1S/C14H20F3NO2/c1-9-5-10(2)13(12(6-9)19-4)11(18-3)7-20-8-14(15,16)17/h5-6,11,18H,7-8H2,1-4H3. The number of nitrogens with one attached hydrogen (secondary N) is 1. The predicted octanol–water partition coefficient (Wildman–Crippen LogP) is 3.15. The minimum Gasteiger partial charge on any atom is -0.496 e. The average Bonchev–Trinajstić information content (AvgIpc) is 2.33. The lowest BCUT2D eigenvalue weighted by molar-refractivity contribution is -0.175. The second-order valence-corrected chi connectivity index (χ2v) is 4.67. The quantitative estimate of drug-likeness (QED) is 0.873. The molecule has 0 heterocycles. The third kappa shape index (κ3) is 4.68. The Bertz CT molecular complexity index is 447. The van der Waals surface area contributed by atoms with Gasteiger partial charge in [0.05, 0.1) is 19.8 Å². The number of methoxy groups -OCH3 is 1. The van der Waals surface area contributed by atoms with Crippen LogP contribution in [0.1, 0.15) is 22.7 Å². The van der Waals surface area contributed by atoms with Crippen molar-refractivity contribution >= 4 is 0 Å². The Kier molecular flexibility index (Phi) is 5.83. The molecule has 1 aromatic rings. The summed E-state index contributed by atoms with van der Waals surface area (Å²) in [6, 6.07) is 3.47. The molecule has 0 aromatic heterocycles. The van der Waals surface area contributed by atoms with Crippen LogP contribution in [0.5, 0.6) is 5.75 Å². The Morgan fingerprint density at radius 1 is 1.25 bits per heavy atom. The minimum absolute atomic E-state index is 0.0731. The van der Waals surface area contributed by atoms with E-state index in [1.807, 2.05) is 26.0 Å². The zero-order valence-corrected chi connectivity index (χ0v) is 12.1. The maximum Gasteiger partial charge on any atom is 0.411 e. The molecule has 20 heavy (non-hydrogen) atoms. The van der Waals surface area contributed by atoms with Gasteiger partial charge in [0.15, 0.2) is 0 Å². The van der Waals surface area contributed by atoms with Crippen LogP contribution in [0.4, 0.5) is 13.2 Å². The number of aryl methyl sites for hydroxylation is 2. The first-order valence-electron chi connectivity index (χ1n) is 6.25. The van der Waals surface area contributed by atoms with Gasteiger partial charge in [0.1, 0.15) is 12.4 Å². The van der Waals surface area contributed by atoms with E-state index in [0.29, 0.717) is 5.75 Å². The molecular formula is C14H20F3NO2. The average molecular weight is 291 g/mol. The van der Waals surface area contributed by atoms with Crippen molar-refractivity contribution in [2.75, 3.05) is 27.4 Å². The fraction of sp³-hybridized carbons (Fsp3) is 0.571. The molecule has 6 heteroatoms. The number of alkyl halides is 3. The minimum atomic E-state index is -4.31. The molecule has 1 N–H and O–H groups in total. The predicted molar refractivity (Wildman–Crippen MR) is 71.1 cm³/mol. The molecule has 1 aromatic carbocycles. The summed E-state index contributed by atoms with van der Waals surface area (Å²) in [5.41, 5.74) is 2.81. The van der Waals surface area contributed by atoms with E-state index >= 15 is 0 Å². The van der Waals surface area contributed by atoms with Crippen molar-refractivity contribution in [3.05, 3.63) is 28.8 Å². The van der Waals surface area contributed by atoms with E-state index in [4.69, 9.17) is 9.47 Å². The van der Waals surface area contributed by atoms with Crippen LogP contribution in [-0.2, 0) is 4.74 Å². The Hall–Kier alpha value is -1.27. The van der Waals surface area contributed by atoms with Crippen LogP contribution in [0, 0.1) is 13.8 Å². The van der Waals surface area contributed by atoms with E-state index in [1.165, 1.54) is 0 Å². The molecule has 0 saturated heterocycles. The highest BCUT2D eigenvalue weighted by Gasteiger charge is 2.28. The van der Waals surface area contributed by atoms with Crippen molar-refractivity contribution in [3.63, 3.8) is 0 Å². The third-order valence-electron chi connectivity index (χ3n) is 2.96. The summed E-state index contributed by atoms with van der Waals surface area (Å²) in [6.45, 7) is 2.52. The number of rotatable bonds is 6. The number of benzene rings is 1. The maximum absolute atomic E-state index is 12.1. The van der Waals surface area contributed by atoms with Gasteiger partial charge >= 0.3 is 6.18 Å². The molecule has 0 fully saturated rings. The lowest BCUT2D eigenvalue weighted by atomic mass is 9.98. The molecule has 3 nitrogen and oxygen atoms in total. The van der Waals surface area contributed by atoms with Gasteiger partial charge in [0, 0.05) is 5.56 Å². The van der Waals surface area contributed by atoms with E-state index in [-0.39, 0.29) is 12.6 Å². The van der Waals surface area contributed by atoms with Crippen molar-refractivity contribution in [2.24, 2.45) is 0 Å². The van der Waals surface area contributed by atoms with Gasteiger partial charge in [-0.3, -0.25) is 0 Å². The van der Waals surface area contributed by atoms with Crippen LogP contribution < -0.4 is 10.1 Å². The normalized spacial score (nSPS) is 13.3. The lowest BCUT2D eigenvalue weighted by Crippen LogP contribution is -2.26. The second kappa shape index (κ2) is 6.95. The van der Waals surface area contributed by atoms with E-state index in [2.05, 4.69) is 5.32 Å². The van der Waals surface area contributed by atoms with Crippen molar-refractivity contribution in [1.82, 2.24) is 5.32 Å². The molecule has 0 aliphatic heterocycles. The monoisotopic (exact) mass is 291 g/mol. The molecule has 114 valence electrons. The molecule has 0 saturated carbocycles. The molecular weight excluding hydrogens is 271 g/mol. The van der Waals surface area contributed by atoms with Crippen molar-refractivity contribution in [3.8, 4) is 5.75 Å². The summed E-state index contributed by atoms with van der Waals surface area (Å²) in [4.78, 5) is 0. The molecule has 0 aliphatic rings. The summed E-state index contributed by atoms with van der Waals surface area (Å²) in [7, 11) is 3.22. The Balaban J connectivity index is 2.89. The van der Waals surface area contributed by atoms with Crippen LogP contribution in [-0.4, -0.2) is 33.5 Å². The number of hydrogen-bond donors (Lipinski definition) is 1. The molecule has 1 unspecified atom stereocenters. The number of halogens is 3. The molecule has 1 rings (SSSR count).